The van der Waals surface area contributed by atoms with E-state index < -0.39 is 21.8 Å². The van der Waals surface area contributed by atoms with Gasteiger partial charge in [-0.05, 0) is 60.3 Å². The maximum Gasteiger partial charge on any atom is 0.324 e. The number of rotatable bonds is 12. The Labute approximate surface area is 248 Å². The number of carboxylic acid groups (broad SMARTS) is 2. The molecule has 0 aliphatic heterocycles. The van der Waals surface area contributed by atoms with E-state index in [2.05, 4.69) is 0 Å². The lowest BCUT2D eigenvalue weighted by atomic mass is 10.3. The first-order valence-corrected chi connectivity index (χ1v) is 13.6. The molecule has 0 saturated carbocycles. The van der Waals surface area contributed by atoms with E-state index >= 15 is 0 Å². The number of carboxylic acids is 2. The van der Waals surface area contributed by atoms with E-state index in [4.69, 9.17) is 10.2 Å². The molecule has 0 heterocycles. The van der Waals surface area contributed by atoms with Crippen LogP contribution in [0.15, 0.2) is 119 Å². The summed E-state index contributed by atoms with van der Waals surface area (Å²) < 4.78 is 3.01. The summed E-state index contributed by atoms with van der Waals surface area (Å²) in [6, 6.07) is 30.3. The van der Waals surface area contributed by atoms with Gasteiger partial charge < -0.3 is 18.8 Å². The third-order valence-electron chi connectivity index (χ3n) is 5.19. The number of para-hydroxylation sites is 4. The Hall–Kier alpha value is -5.08. The summed E-state index contributed by atoms with van der Waals surface area (Å²) in [6.07, 6.45) is 0. The van der Waals surface area contributed by atoms with Gasteiger partial charge in [0.05, 0.1) is 9.85 Å². The molecule has 0 fully saturated rings. The van der Waals surface area contributed by atoms with Gasteiger partial charge in [0, 0.05) is 23.5 Å². The number of nitro groups is 2. The molecule has 12 nitrogen and oxygen atoms in total. The lowest BCUT2D eigenvalue weighted by Gasteiger charge is -2.21. The maximum atomic E-state index is 11.0. The van der Waals surface area contributed by atoms with Crippen molar-refractivity contribution in [2.45, 2.75) is 9.79 Å². The Morgan fingerprint density at radius 1 is 0.571 bits per heavy atom. The van der Waals surface area contributed by atoms with Crippen molar-refractivity contribution in [1.29, 1.82) is 0 Å². The van der Waals surface area contributed by atoms with Crippen molar-refractivity contribution in [3.05, 3.63) is 129 Å². The summed E-state index contributed by atoms with van der Waals surface area (Å²) in [6.45, 7) is -0.526. The fraction of sp³-hybridized carbons (Fsp3) is 0.0714. The predicted octanol–water partition coefficient (Wildman–Crippen LogP) is 6.39. The third kappa shape index (κ3) is 9.53. The zero-order chi connectivity index (χ0) is 30.5. The van der Waals surface area contributed by atoms with Gasteiger partial charge in [0.1, 0.15) is 22.9 Å². The summed E-state index contributed by atoms with van der Waals surface area (Å²) >= 11 is 2.07. The van der Waals surface area contributed by atoms with Gasteiger partial charge in [-0.25, -0.2) is 0 Å². The van der Waals surface area contributed by atoms with Crippen molar-refractivity contribution in [2.24, 2.45) is 0 Å². The van der Waals surface area contributed by atoms with Gasteiger partial charge in [-0.1, -0.05) is 60.7 Å². The van der Waals surface area contributed by atoms with Crippen LogP contribution in [0.2, 0.25) is 0 Å². The van der Waals surface area contributed by atoms with Crippen LogP contribution in [0.3, 0.4) is 0 Å². The molecule has 0 aliphatic carbocycles. The molecule has 0 spiro atoms. The molecule has 0 atom stereocenters. The second-order valence-corrected chi connectivity index (χ2v) is 10.3. The van der Waals surface area contributed by atoms with Gasteiger partial charge in [0.25, 0.3) is 11.4 Å². The number of hydrogen-bond donors (Lipinski definition) is 2. The normalized spacial score (nSPS) is 10.1. The van der Waals surface area contributed by atoms with E-state index in [1.807, 2.05) is 12.1 Å². The highest BCUT2D eigenvalue weighted by Gasteiger charge is 2.20. The smallest absolute Gasteiger partial charge is 0.324 e. The molecule has 0 unspecified atom stereocenters. The van der Waals surface area contributed by atoms with Crippen molar-refractivity contribution in [3.63, 3.8) is 0 Å². The molecule has 4 aromatic carbocycles. The Bertz CT molecular complexity index is 1410. The minimum absolute atomic E-state index is 0.0474. The van der Waals surface area contributed by atoms with Gasteiger partial charge >= 0.3 is 11.9 Å². The van der Waals surface area contributed by atoms with Crippen LogP contribution in [0.1, 0.15) is 0 Å². The summed E-state index contributed by atoms with van der Waals surface area (Å²) in [4.78, 5) is 43.9. The van der Waals surface area contributed by atoms with Crippen molar-refractivity contribution in [1.82, 2.24) is 0 Å². The van der Waals surface area contributed by atoms with Crippen LogP contribution in [0.25, 0.3) is 0 Å². The molecule has 2 N–H and O–H groups in total. The highest BCUT2D eigenvalue weighted by Crippen LogP contribution is 2.35. The molecule has 4 aromatic rings. The number of aliphatic carboxylic acids is 2. The maximum absolute atomic E-state index is 11.0. The first-order valence-electron chi connectivity index (χ1n) is 12.1. The van der Waals surface area contributed by atoms with Gasteiger partial charge in [-0.3, -0.25) is 29.8 Å². The molecule has 4 rings (SSSR count). The van der Waals surface area contributed by atoms with E-state index in [1.165, 1.54) is 20.7 Å². The van der Waals surface area contributed by atoms with Crippen LogP contribution < -0.4 is 8.61 Å². The van der Waals surface area contributed by atoms with E-state index in [1.54, 1.807) is 84.9 Å². The van der Waals surface area contributed by atoms with Gasteiger partial charge in [0.15, 0.2) is 0 Å². The number of anilines is 2. The quantitative estimate of drug-likeness (QED) is 0.103. The Morgan fingerprint density at radius 3 is 1.19 bits per heavy atom. The van der Waals surface area contributed by atoms with E-state index in [0.717, 1.165) is 23.9 Å². The van der Waals surface area contributed by atoms with E-state index in [9.17, 15) is 29.8 Å². The lowest BCUT2D eigenvalue weighted by Crippen LogP contribution is -2.22. The fourth-order valence-corrected chi connectivity index (χ4v) is 5.42. The molecule has 0 bridgehead atoms. The summed E-state index contributed by atoms with van der Waals surface area (Å²) in [5.41, 5.74) is 1.24. The molecule has 0 amide bonds. The Morgan fingerprint density at radius 2 is 0.881 bits per heavy atom. The Kier molecular flexibility index (Phi) is 11.7. The van der Waals surface area contributed by atoms with Crippen molar-refractivity contribution < 1.29 is 29.6 Å². The standard InChI is InChI=1S/2C14H12N2O4S/c2*17-14(18)10-15(11-6-2-1-3-7-11)21-13-9-5-4-8-12(13)16(19)20/h2*1-9H,10H2,(H,17,18). The zero-order valence-electron chi connectivity index (χ0n) is 21.8. The molecule has 0 aliphatic rings. The Balaban J connectivity index is 0.000000230. The van der Waals surface area contributed by atoms with Crippen LogP contribution in [0.4, 0.5) is 22.7 Å². The first-order chi connectivity index (χ1) is 20.2. The largest absolute Gasteiger partial charge is 0.480 e. The molecule has 14 heteroatoms. The van der Waals surface area contributed by atoms with Crippen LogP contribution in [0.5, 0.6) is 0 Å². The summed E-state index contributed by atoms with van der Waals surface area (Å²) in [5.74, 6) is -2.02. The number of hydrogen-bond acceptors (Lipinski definition) is 10. The molecule has 216 valence electrons. The second kappa shape index (κ2) is 15.6. The van der Waals surface area contributed by atoms with Gasteiger partial charge in [-0.2, -0.15) is 0 Å². The van der Waals surface area contributed by atoms with Crippen molar-refractivity contribution in [3.8, 4) is 0 Å². The first kappa shape index (κ1) is 31.4. The SMILES string of the molecule is O=C(O)CN(Sc1ccccc1[N+](=O)[O-])c1ccccc1.O=C(O)CN(Sc1ccccc1[N+](=O)[O-])c1ccccc1. The van der Waals surface area contributed by atoms with Gasteiger partial charge in [-0.15, -0.1) is 0 Å². The average molecular weight is 609 g/mol. The third-order valence-corrected chi connectivity index (χ3v) is 7.39. The molecular formula is C28H24N4O8S2. The molecule has 42 heavy (non-hydrogen) atoms. The predicted molar refractivity (Wildman–Crippen MR) is 161 cm³/mol. The van der Waals surface area contributed by atoms with Crippen LogP contribution in [0, 0.1) is 20.2 Å². The number of nitrogens with zero attached hydrogens (tertiary/aromatic N) is 4. The lowest BCUT2D eigenvalue weighted by molar-refractivity contribution is -0.387. The topological polar surface area (TPSA) is 167 Å². The number of nitro benzene ring substituents is 2. The minimum Gasteiger partial charge on any atom is -0.480 e. The average Bonchev–Trinajstić information content (AvgIpc) is 2.97. The number of carbonyl (C=O) groups is 2. The highest BCUT2D eigenvalue weighted by molar-refractivity contribution is 8.01. The fourth-order valence-electron chi connectivity index (χ4n) is 3.39. The molecular weight excluding hydrogens is 584 g/mol. The number of benzene rings is 4. The summed E-state index contributed by atoms with van der Waals surface area (Å²) in [7, 11) is 0. The zero-order valence-corrected chi connectivity index (χ0v) is 23.4. The van der Waals surface area contributed by atoms with Gasteiger partial charge in [0.2, 0.25) is 0 Å². The van der Waals surface area contributed by atoms with Crippen molar-refractivity contribution >= 4 is 58.6 Å². The molecule has 0 aromatic heterocycles. The van der Waals surface area contributed by atoms with Crippen LogP contribution in [-0.4, -0.2) is 45.1 Å². The second-order valence-electron chi connectivity index (χ2n) is 8.16. The minimum atomic E-state index is -1.01. The monoisotopic (exact) mass is 608 g/mol. The molecule has 0 radical (unpaired) electrons. The highest BCUT2D eigenvalue weighted by atomic mass is 32.2. The van der Waals surface area contributed by atoms with E-state index in [0.29, 0.717) is 21.2 Å². The van der Waals surface area contributed by atoms with E-state index in [-0.39, 0.29) is 24.5 Å². The van der Waals surface area contributed by atoms with Crippen molar-refractivity contribution in [2.75, 3.05) is 21.7 Å². The van der Waals surface area contributed by atoms with Crippen LogP contribution in [-0.2, 0) is 9.59 Å². The summed E-state index contributed by atoms with van der Waals surface area (Å²) in [5, 5.41) is 40.1. The molecule has 0 saturated heterocycles. The van der Waals surface area contributed by atoms with Crippen LogP contribution >= 0.6 is 23.9 Å².